The Morgan fingerprint density at radius 3 is 2.64 bits per heavy atom. The van der Waals surface area contributed by atoms with Gasteiger partial charge >= 0.3 is 0 Å². The average molecular weight is 294 g/mol. The van der Waals surface area contributed by atoms with E-state index in [2.05, 4.69) is 70.4 Å². The summed E-state index contributed by atoms with van der Waals surface area (Å²) in [6, 6.07) is 6.31. The summed E-state index contributed by atoms with van der Waals surface area (Å²) in [6.45, 7) is 15.0. The van der Waals surface area contributed by atoms with E-state index >= 15 is 0 Å². The van der Waals surface area contributed by atoms with Crippen LogP contribution in [0.25, 0.3) is 5.57 Å². The van der Waals surface area contributed by atoms with Gasteiger partial charge in [0, 0.05) is 5.92 Å². The van der Waals surface area contributed by atoms with Crippen molar-refractivity contribution in [2.45, 2.75) is 27.2 Å². The molecule has 1 nitrogen and oxygen atoms in total. The number of hydrogen-bond donors (Lipinski definition) is 0. The molecule has 2 atom stereocenters. The Bertz CT molecular complexity index is 648. The van der Waals surface area contributed by atoms with Crippen molar-refractivity contribution >= 4 is 5.57 Å². The van der Waals surface area contributed by atoms with Crippen LogP contribution < -0.4 is 4.74 Å². The maximum atomic E-state index is 5.41. The van der Waals surface area contributed by atoms with Gasteiger partial charge in [0.25, 0.3) is 0 Å². The summed E-state index contributed by atoms with van der Waals surface area (Å²) >= 11 is 0. The minimum Gasteiger partial charge on any atom is -0.497 e. The van der Waals surface area contributed by atoms with Crippen molar-refractivity contribution in [1.29, 1.82) is 0 Å². The van der Waals surface area contributed by atoms with Crippen LogP contribution in [0.3, 0.4) is 0 Å². The number of benzene rings is 1. The van der Waals surface area contributed by atoms with Gasteiger partial charge in [-0.25, -0.2) is 0 Å². The lowest BCUT2D eigenvalue weighted by Crippen LogP contribution is -2.25. The van der Waals surface area contributed by atoms with Gasteiger partial charge < -0.3 is 4.74 Å². The third kappa shape index (κ3) is 2.94. The average Bonchev–Trinajstić information content (AvgIpc) is 2.53. The quantitative estimate of drug-likeness (QED) is 0.630. The van der Waals surface area contributed by atoms with Crippen LogP contribution in [0.2, 0.25) is 0 Å². The van der Waals surface area contributed by atoms with Crippen molar-refractivity contribution in [3.8, 4) is 5.75 Å². The zero-order valence-electron chi connectivity index (χ0n) is 14.1. The maximum absolute atomic E-state index is 5.41. The molecule has 1 aliphatic rings. The first-order valence-corrected chi connectivity index (χ1v) is 7.82. The number of allylic oxidation sites excluding steroid dienone is 6. The van der Waals surface area contributed by atoms with Crippen molar-refractivity contribution < 1.29 is 4.74 Å². The molecule has 2 rings (SSSR count). The molecule has 116 valence electrons. The van der Waals surface area contributed by atoms with Crippen LogP contribution in [0.1, 0.15) is 31.4 Å². The first-order valence-electron chi connectivity index (χ1n) is 7.82. The van der Waals surface area contributed by atoms with Gasteiger partial charge in [-0.1, -0.05) is 50.8 Å². The highest BCUT2D eigenvalue weighted by atomic mass is 16.5. The van der Waals surface area contributed by atoms with E-state index in [1.165, 1.54) is 16.7 Å². The minimum absolute atomic E-state index is 0.0288. The highest BCUT2D eigenvalue weighted by Gasteiger charge is 2.32. The molecule has 1 aromatic rings. The molecule has 2 unspecified atom stereocenters. The van der Waals surface area contributed by atoms with Crippen LogP contribution in [-0.4, -0.2) is 7.11 Å². The van der Waals surface area contributed by atoms with Gasteiger partial charge in [0.05, 0.1) is 7.11 Å². The van der Waals surface area contributed by atoms with Crippen LogP contribution in [0.4, 0.5) is 0 Å². The Labute approximate surface area is 134 Å². The normalized spacial score (nSPS) is 20.3. The molecule has 0 saturated carbocycles. The van der Waals surface area contributed by atoms with Gasteiger partial charge in [0.2, 0.25) is 0 Å². The Morgan fingerprint density at radius 1 is 1.32 bits per heavy atom. The second-order valence-electron chi connectivity index (χ2n) is 6.27. The number of rotatable bonds is 5. The largest absolute Gasteiger partial charge is 0.497 e. The number of methoxy groups -OCH3 is 1. The molecule has 22 heavy (non-hydrogen) atoms. The minimum atomic E-state index is 0.0288. The van der Waals surface area contributed by atoms with Gasteiger partial charge in [-0.05, 0) is 53.2 Å². The van der Waals surface area contributed by atoms with E-state index < -0.39 is 0 Å². The molecule has 0 radical (unpaired) electrons. The molecule has 1 heteroatoms. The van der Waals surface area contributed by atoms with E-state index in [9.17, 15) is 0 Å². The molecular formula is C21H26O. The van der Waals surface area contributed by atoms with E-state index in [1.54, 1.807) is 7.11 Å². The molecule has 1 aliphatic carbocycles. The first-order chi connectivity index (χ1) is 10.4. The second kappa shape index (κ2) is 6.39. The standard InChI is InChI=1S/C21H26O/c1-7-21(5,8-2)20-11-9-10-19(16(20)4)17-12-15(3)13-18(14-17)22-6/h7,9-14,20H,1,4,8H2,2-3,5-6H3. The Balaban J connectivity index is 2.44. The van der Waals surface area contributed by atoms with Gasteiger partial charge in [-0.15, -0.1) is 6.58 Å². The molecule has 0 amide bonds. The molecule has 0 aliphatic heterocycles. The van der Waals surface area contributed by atoms with Gasteiger partial charge in [-0.3, -0.25) is 0 Å². The van der Waals surface area contributed by atoms with E-state index in [4.69, 9.17) is 4.74 Å². The van der Waals surface area contributed by atoms with Gasteiger partial charge in [0.1, 0.15) is 5.75 Å². The summed E-state index contributed by atoms with van der Waals surface area (Å²) in [7, 11) is 1.71. The highest BCUT2D eigenvalue weighted by molar-refractivity contribution is 5.82. The number of ether oxygens (including phenoxy) is 1. The highest BCUT2D eigenvalue weighted by Crippen LogP contribution is 2.44. The lowest BCUT2D eigenvalue weighted by molar-refractivity contribution is 0.337. The van der Waals surface area contributed by atoms with E-state index in [0.717, 1.165) is 17.7 Å². The van der Waals surface area contributed by atoms with Crippen LogP contribution in [0.15, 0.2) is 61.2 Å². The molecule has 0 bridgehead atoms. The molecule has 0 spiro atoms. The topological polar surface area (TPSA) is 9.23 Å². The summed E-state index contributed by atoms with van der Waals surface area (Å²) < 4.78 is 5.41. The van der Waals surface area contributed by atoms with E-state index in [0.29, 0.717) is 0 Å². The fraction of sp³-hybridized carbons (Fsp3) is 0.333. The Kier molecular flexibility index (Phi) is 4.75. The summed E-state index contributed by atoms with van der Waals surface area (Å²) in [5, 5.41) is 0. The first kappa shape index (κ1) is 16.4. The maximum Gasteiger partial charge on any atom is 0.119 e. The summed E-state index contributed by atoms with van der Waals surface area (Å²) in [5.41, 5.74) is 4.73. The van der Waals surface area contributed by atoms with E-state index in [1.807, 2.05) is 6.07 Å². The lowest BCUT2D eigenvalue weighted by atomic mass is 9.68. The van der Waals surface area contributed by atoms with Crippen LogP contribution in [0, 0.1) is 18.3 Å². The van der Waals surface area contributed by atoms with Crippen LogP contribution >= 0.6 is 0 Å². The molecular weight excluding hydrogens is 268 g/mol. The predicted octanol–water partition coefficient (Wildman–Crippen LogP) is 5.73. The number of aryl methyl sites for hydroxylation is 1. The Hall–Kier alpha value is -2.02. The molecule has 0 aromatic heterocycles. The molecule has 1 aromatic carbocycles. The number of hydrogen-bond acceptors (Lipinski definition) is 1. The predicted molar refractivity (Wildman–Crippen MR) is 96.1 cm³/mol. The molecule has 0 N–H and O–H groups in total. The lowest BCUT2D eigenvalue weighted by Gasteiger charge is -2.36. The SMILES string of the molecule is C=CC(C)(CC)C1C=CC=C(c2cc(C)cc(OC)c2)C1=C. The smallest absolute Gasteiger partial charge is 0.119 e. The van der Waals surface area contributed by atoms with Crippen LogP contribution in [-0.2, 0) is 0 Å². The molecule has 0 saturated heterocycles. The van der Waals surface area contributed by atoms with Crippen molar-refractivity contribution in [3.63, 3.8) is 0 Å². The second-order valence-corrected chi connectivity index (χ2v) is 6.27. The molecule has 0 fully saturated rings. The third-order valence-electron chi connectivity index (χ3n) is 4.82. The fourth-order valence-electron chi connectivity index (χ4n) is 3.07. The van der Waals surface area contributed by atoms with E-state index in [-0.39, 0.29) is 11.3 Å². The van der Waals surface area contributed by atoms with Crippen molar-refractivity contribution in [3.05, 3.63) is 72.4 Å². The zero-order valence-corrected chi connectivity index (χ0v) is 14.1. The monoisotopic (exact) mass is 294 g/mol. The van der Waals surface area contributed by atoms with Crippen molar-refractivity contribution in [2.24, 2.45) is 11.3 Å². The van der Waals surface area contributed by atoms with Crippen molar-refractivity contribution in [2.75, 3.05) is 7.11 Å². The molecule has 0 heterocycles. The summed E-state index contributed by atoms with van der Waals surface area (Å²) in [4.78, 5) is 0. The summed E-state index contributed by atoms with van der Waals surface area (Å²) in [6.07, 6.45) is 9.62. The summed E-state index contributed by atoms with van der Waals surface area (Å²) in [5.74, 6) is 1.17. The zero-order chi connectivity index (χ0) is 16.3. The van der Waals surface area contributed by atoms with Crippen molar-refractivity contribution in [1.82, 2.24) is 0 Å². The Morgan fingerprint density at radius 2 is 2.05 bits per heavy atom. The fourth-order valence-corrected chi connectivity index (χ4v) is 3.07. The third-order valence-corrected chi connectivity index (χ3v) is 4.82. The van der Waals surface area contributed by atoms with Gasteiger partial charge in [0.15, 0.2) is 0 Å². The van der Waals surface area contributed by atoms with Crippen LogP contribution in [0.5, 0.6) is 5.75 Å². The van der Waals surface area contributed by atoms with Gasteiger partial charge in [-0.2, -0.15) is 0 Å².